The van der Waals surface area contributed by atoms with Crippen molar-refractivity contribution in [3.63, 3.8) is 0 Å². The Morgan fingerprint density at radius 3 is 3.00 bits per heavy atom. The second-order valence-corrected chi connectivity index (χ2v) is 3.17. The van der Waals surface area contributed by atoms with Crippen molar-refractivity contribution in [2.24, 2.45) is 4.99 Å². The van der Waals surface area contributed by atoms with E-state index in [1.54, 1.807) is 11.8 Å². The molecule has 0 aliphatic carbocycles. The molecule has 2 N–H and O–H groups in total. The number of hydrogen-bond acceptors (Lipinski definition) is 4. The SMILES string of the molecule is C=NC1=C(SC)C(O)CNC1. The minimum atomic E-state index is -0.403. The van der Waals surface area contributed by atoms with Crippen LogP contribution in [0.2, 0.25) is 0 Å². The van der Waals surface area contributed by atoms with Gasteiger partial charge in [0.15, 0.2) is 0 Å². The van der Waals surface area contributed by atoms with Gasteiger partial charge in [0.05, 0.1) is 11.8 Å². The molecule has 1 rings (SSSR count). The molecule has 1 atom stereocenters. The zero-order chi connectivity index (χ0) is 8.27. The Morgan fingerprint density at radius 2 is 2.55 bits per heavy atom. The molecule has 0 aromatic carbocycles. The van der Waals surface area contributed by atoms with Crippen LogP contribution in [0.4, 0.5) is 0 Å². The molecule has 11 heavy (non-hydrogen) atoms. The third-order valence-corrected chi connectivity index (χ3v) is 2.58. The van der Waals surface area contributed by atoms with E-state index >= 15 is 0 Å². The van der Waals surface area contributed by atoms with Gasteiger partial charge in [-0.3, -0.25) is 4.99 Å². The van der Waals surface area contributed by atoms with Gasteiger partial charge >= 0.3 is 0 Å². The fourth-order valence-electron chi connectivity index (χ4n) is 1.09. The van der Waals surface area contributed by atoms with Crippen LogP contribution in [0.3, 0.4) is 0 Å². The predicted octanol–water partition coefficient (Wildman–Crippen LogP) is 0.226. The van der Waals surface area contributed by atoms with Crippen LogP contribution in [-0.2, 0) is 0 Å². The van der Waals surface area contributed by atoms with Gasteiger partial charge in [0.2, 0.25) is 0 Å². The average molecular weight is 172 g/mol. The maximum absolute atomic E-state index is 9.44. The van der Waals surface area contributed by atoms with Gasteiger partial charge in [0, 0.05) is 18.0 Å². The number of β-amino-alcohol motifs (C(OH)–C–C–N with tert-alkyl or cyclic N) is 1. The molecule has 0 aromatic rings. The Bertz CT molecular complexity index is 191. The monoisotopic (exact) mass is 172 g/mol. The van der Waals surface area contributed by atoms with Crippen molar-refractivity contribution in [1.82, 2.24) is 5.32 Å². The second kappa shape index (κ2) is 3.90. The highest BCUT2D eigenvalue weighted by Crippen LogP contribution is 2.23. The van der Waals surface area contributed by atoms with Gasteiger partial charge in [-0.25, -0.2) is 0 Å². The van der Waals surface area contributed by atoms with Gasteiger partial charge in [-0.1, -0.05) is 0 Å². The molecule has 62 valence electrons. The number of aliphatic hydroxyl groups is 1. The Kier molecular flexibility index (Phi) is 3.11. The molecular formula is C7H12N2OS. The third kappa shape index (κ3) is 1.83. The van der Waals surface area contributed by atoms with E-state index in [9.17, 15) is 5.11 Å². The van der Waals surface area contributed by atoms with E-state index in [0.29, 0.717) is 6.54 Å². The highest BCUT2D eigenvalue weighted by Gasteiger charge is 2.18. The smallest absolute Gasteiger partial charge is 0.0990 e. The minimum absolute atomic E-state index is 0.403. The van der Waals surface area contributed by atoms with Crippen LogP contribution >= 0.6 is 11.8 Å². The Morgan fingerprint density at radius 1 is 1.82 bits per heavy atom. The molecule has 3 nitrogen and oxygen atoms in total. The molecular weight excluding hydrogens is 160 g/mol. The fourth-order valence-corrected chi connectivity index (χ4v) is 1.81. The topological polar surface area (TPSA) is 44.6 Å². The van der Waals surface area contributed by atoms with Crippen molar-refractivity contribution in [1.29, 1.82) is 0 Å². The number of nitrogens with one attached hydrogen (secondary N) is 1. The Balaban J connectivity index is 2.85. The first kappa shape index (κ1) is 8.77. The average Bonchev–Trinajstić information content (AvgIpc) is 2.04. The summed E-state index contributed by atoms with van der Waals surface area (Å²) in [4.78, 5) is 4.78. The molecule has 0 spiro atoms. The molecule has 0 aromatic heterocycles. The Labute approximate surface area is 70.6 Å². The second-order valence-electron chi connectivity index (χ2n) is 2.32. The van der Waals surface area contributed by atoms with Gasteiger partial charge in [0.1, 0.15) is 0 Å². The van der Waals surface area contributed by atoms with Crippen LogP contribution in [0.25, 0.3) is 0 Å². The van der Waals surface area contributed by atoms with Crippen molar-refractivity contribution in [3.05, 3.63) is 10.6 Å². The van der Waals surface area contributed by atoms with E-state index in [4.69, 9.17) is 0 Å². The molecule has 1 aliphatic heterocycles. The van der Waals surface area contributed by atoms with Crippen molar-refractivity contribution in [2.45, 2.75) is 6.10 Å². The summed E-state index contributed by atoms with van der Waals surface area (Å²) in [5.41, 5.74) is 0.872. The van der Waals surface area contributed by atoms with Crippen LogP contribution in [0.1, 0.15) is 0 Å². The van der Waals surface area contributed by atoms with E-state index in [-0.39, 0.29) is 0 Å². The third-order valence-electron chi connectivity index (χ3n) is 1.63. The standard InChI is InChI=1S/C7H12N2OS/c1-8-5-3-9-4-6(10)7(5)11-2/h6,9-10H,1,3-4H2,2H3. The molecule has 1 unspecified atom stereocenters. The summed E-state index contributed by atoms with van der Waals surface area (Å²) >= 11 is 1.54. The predicted molar refractivity (Wildman–Crippen MR) is 49.0 cm³/mol. The van der Waals surface area contributed by atoms with E-state index in [2.05, 4.69) is 17.0 Å². The lowest BCUT2D eigenvalue weighted by Gasteiger charge is -2.21. The van der Waals surface area contributed by atoms with Crippen molar-refractivity contribution >= 4 is 18.5 Å². The van der Waals surface area contributed by atoms with Gasteiger partial charge in [-0.05, 0) is 13.0 Å². The quantitative estimate of drug-likeness (QED) is 0.586. The summed E-state index contributed by atoms with van der Waals surface area (Å²) in [6.45, 7) is 4.78. The molecule has 0 saturated heterocycles. The van der Waals surface area contributed by atoms with Crippen LogP contribution in [0, 0.1) is 0 Å². The van der Waals surface area contributed by atoms with Gasteiger partial charge < -0.3 is 10.4 Å². The summed E-state index contributed by atoms with van der Waals surface area (Å²) in [5.74, 6) is 0. The number of rotatable bonds is 2. The normalized spacial score (nSPS) is 25.5. The highest BCUT2D eigenvalue weighted by molar-refractivity contribution is 8.02. The van der Waals surface area contributed by atoms with E-state index in [0.717, 1.165) is 17.1 Å². The van der Waals surface area contributed by atoms with Gasteiger partial charge in [0.25, 0.3) is 0 Å². The van der Waals surface area contributed by atoms with E-state index < -0.39 is 6.10 Å². The first-order chi connectivity index (χ1) is 5.29. The maximum Gasteiger partial charge on any atom is 0.0990 e. The van der Waals surface area contributed by atoms with E-state index in [1.165, 1.54) is 0 Å². The summed E-state index contributed by atoms with van der Waals surface area (Å²) in [6, 6.07) is 0. The van der Waals surface area contributed by atoms with Crippen LogP contribution in [0.15, 0.2) is 15.6 Å². The van der Waals surface area contributed by atoms with Crippen LogP contribution < -0.4 is 5.32 Å². The minimum Gasteiger partial charge on any atom is -0.386 e. The van der Waals surface area contributed by atoms with Crippen LogP contribution in [0.5, 0.6) is 0 Å². The van der Waals surface area contributed by atoms with E-state index in [1.807, 2.05) is 6.26 Å². The Hall–Kier alpha value is -0.320. The van der Waals surface area contributed by atoms with Gasteiger partial charge in [-0.15, -0.1) is 11.8 Å². The summed E-state index contributed by atoms with van der Waals surface area (Å²) < 4.78 is 0. The fraction of sp³-hybridized carbons (Fsp3) is 0.571. The lowest BCUT2D eigenvalue weighted by atomic mass is 10.2. The molecule has 0 radical (unpaired) electrons. The zero-order valence-corrected chi connectivity index (χ0v) is 7.32. The zero-order valence-electron chi connectivity index (χ0n) is 6.50. The molecule has 1 aliphatic rings. The lowest BCUT2D eigenvalue weighted by molar-refractivity contribution is 0.209. The molecule has 0 bridgehead atoms. The number of hydrogen-bond donors (Lipinski definition) is 2. The van der Waals surface area contributed by atoms with Gasteiger partial charge in [-0.2, -0.15) is 0 Å². The first-order valence-corrected chi connectivity index (χ1v) is 4.64. The lowest BCUT2D eigenvalue weighted by Crippen LogP contribution is -2.34. The van der Waals surface area contributed by atoms with Crippen molar-refractivity contribution in [3.8, 4) is 0 Å². The van der Waals surface area contributed by atoms with Crippen molar-refractivity contribution < 1.29 is 5.11 Å². The molecule has 1 heterocycles. The molecule has 0 fully saturated rings. The first-order valence-electron chi connectivity index (χ1n) is 3.42. The number of nitrogens with zero attached hydrogens (tertiary/aromatic N) is 1. The summed E-state index contributed by atoms with van der Waals surface area (Å²) in [7, 11) is 0. The highest BCUT2D eigenvalue weighted by atomic mass is 32.2. The summed E-state index contributed by atoms with van der Waals surface area (Å²) in [6.07, 6.45) is 1.54. The number of thioether (sulfide) groups is 1. The number of aliphatic hydroxyl groups excluding tert-OH is 1. The molecule has 0 saturated carbocycles. The summed E-state index contributed by atoms with van der Waals surface area (Å²) in [5, 5.41) is 12.5. The largest absolute Gasteiger partial charge is 0.386 e. The van der Waals surface area contributed by atoms with Crippen molar-refractivity contribution in [2.75, 3.05) is 19.3 Å². The maximum atomic E-state index is 9.44. The number of aliphatic imine (C=N–C) groups is 1. The molecule has 0 amide bonds. The van der Waals surface area contributed by atoms with Crippen LogP contribution in [-0.4, -0.2) is 37.3 Å². The molecule has 4 heteroatoms.